The van der Waals surface area contributed by atoms with Gasteiger partial charge in [-0.3, -0.25) is 9.47 Å². The molecule has 11 heteroatoms. The number of nitrogens with two attached hydrogens (primary N) is 1. The quantitative estimate of drug-likeness (QED) is 0.186. The van der Waals surface area contributed by atoms with Crippen LogP contribution in [0.15, 0.2) is 91.3 Å². The number of likely N-dealkylation sites (tertiary alicyclic amines) is 1. The Morgan fingerprint density at radius 3 is 2.47 bits per heavy atom. The summed E-state index contributed by atoms with van der Waals surface area (Å²) in [6.45, 7) is 6.74. The van der Waals surface area contributed by atoms with Gasteiger partial charge in [-0.1, -0.05) is 49.7 Å². The molecule has 1 aliphatic rings. The topological polar surface area (TPSA) is 134 Å². The molecule has 0 amide bonds. The maximum absolute atomic E-state index is 9.11. The standard InChI is InChI=1S/C34H29ClN10.C2H6/c35-24-4-1-3-23(19-24)29-10-11-30-33(42-29)45(32(43-30)28-5-2-15-38-31(28)37)27-8-6-22(7-9-27)21-44-17-13-25(14-18-44)40-34-39-16-12-26(20-36)41-34;1-2/h1-12,15-16,19,25H,13-14,17-18,21H2,(H2,37,38)(H,39,40,41);1-2H3. The lowest BCUT2D eigenvalue weighted by Gasteiger charge is -2.32. The Labute approximate surface area is 278 Å². The van der Waals surface area contributed by atoms with E-state index in [1.807, 2.05) is 66.9 Å². The highest BCUT2D eigenvalue weighted by atomic mass is 35.5. The van der Waals surface area contributed by atoms with Crippen molar-refractivity contribution in [3.05, 3.63) is 108 Å². The molecule has 0 atom stereocenters. The molecule has 4 aromatic heterocycles. The van der Waals surface area contributed by atoms with Gasteiger partial charge in [-0.2, -0.15) is 5.26 Å². The molecule has 2 aromatic carbocycles. The maximum Gasteiger partial charge on any atom is 0.224 e. The van der Waals surface area contributed by atoms with Crippen molar-refractivity contribution in [3.63, 3.8) is 0 Å². The number of nitrogen functional groups attached to an aromatic ring is 1. The number of imidazole rings is 1. The molecule has 5 heterocycles. The summed E-state index contributed by atoms with van der Waals surface area (Å²) in [5.74, 6) is 1.60. The van der Waals surface area contributed by atoms with E-state index in [9.17, 15) is 0 Å². The minimum atomic E-state index is 0.273. The summed E-state index contributed by atoms with van der Waals surface area (Å²) in [4.78, 5) is 25.3. The average molecular weight is 643 g/mol. The second-order valence-electron chi connectivity index (χ2n) is 11.0. The van der Waals surface area contributed by atoms with Crippen molar-refractivity contribution in [3.8, 4) is 34.4 Å². The molecule has 0 aliphatic carbocycles. The number of nitrogens with zero attached hydrogens (tertiary/aromatic N) is 8. The van der Waals surface area contributed by atoms with Gasteiger partial charge < -0.3 is 11.1 Å². The Kier molecular flexibility index (Phi) is 9.67. The van der Waals surface area contributed by atoms with Crippen LogP contribution in [-0.2, 0) is 6.54 Å². The Hall–Kier alpha value is -5.37. The summed E-state index contributed by atoms with van der Waals surface area (Å²) in [7, 11) is 0. The number of pyridine rings is 2. The molecule has 0 saturated carbocycles. The molecule has 0 spiro atoms. The van der Waals surface area contributed by atoms with Crippen LogP contribution in [0.4, 0.5) is 11.8 Å². The zero-order chi connectivity index (χ0) is 32.8. The number of rotatable bonds is 7. The van der Waals surface area contributed by atoms with E-state index in [1.54, 1.807) is 18.5 Å². The first kappa shape index (κ1) is 31.6. The first-order valence-corrected chi connectivity index (χ1v) is 16.1. The van der Waals surface area contributed by atoms with Crippen molar-refractivity contribution in [1.82, 2.24) is 34.4 Å². The van der Waals surface area contributed by atoms with Crippen molar-refractivity contribution < 1.29 is 0 Å². The van der Waals surface area contributed by atoms with Crippen LogP contribution in [0.1, 0.15) is 37.9 Å². The van der Waals surface area contributed by atoms with Crippen LogP contribution < -0.4 is 11.1 Å². The van der Waals surface area contributed by atoms with Gasteiger partial charge in [0, 0.05) is 54.3 Å². The van der Waals surface area contributed by atoms with Crippen molar-refractivity contribution in [2.24, 2.45) is 0 Å². The number of nitrogens with one attached hydrogen (secondary N) is 1. The second-order valence-corrected chi connectivity index (χ2v) is 11.4. The number of piperidine rings is 1. The molecule has 1 fully saturated rings. The third kappa shape index (κ3) is 7.07. The lowest BCUT2D eigenvalue weighted by molar-refractivity contribution is 0.211. The zero-order valence-corrected chi connectivity index (χ0v) is 27.1. The molecular weight excluding hydrogens is 608 g/mol. The van der Waals surface area contributed by atoms with E-state index in [0.717, 1.165) is 66.1 Å². The Bertz CT molecular complexity index is 2030. The molecule has 1 aliphatic heterocycles. The molecule has 0 unspecified atom stereocenters. The number of anilines is 2. The molecule has 6 aromatic rings. The van der Waals surface area contributed by atoms with E-state index < -0.39 is 0 Å². The Morgan fingerprint density at radius 2 is 1.72 bits per heavy atom. The van der Waals surface area contributed by atoms with E-state index in [0.29, 0.717) is 28.3 Å². The fraction of sp³-hybridized carbons (Fsp3) is 0.222. The first-order valence-electron chi connectivity index (χ1n) is 15.7. The monoisotopic (exact) mass is 642 g/mol. The van der Waals surface area contributed by atoms with Gasteiger partial charge in [0.2, 0.25) is 5.95 Å². The van der Waals surface area contributed by atoms with Gasteiger partial charge in [0.1, 0.15) is 23.1 Å². The van der Waals surface area contributed by atoms with Gasteiger partial charge >= 0.3 is 0 Å². The predicted molar refractivity (Wildman–Crippen MR) is 187 cm³/mol. The summed E-state index contributed by atoms with van der Waals surface area (Å²) >= 11 is 6.29. The van der Waals surface area contributed by atoms with Crippen LogP contribution in [0.3, 0.4) is 0 Å². The molecular formula is C36H35ClN10. The molecule has 236 valence electrons. The summed E-state index contributed by atoms with van der Waals surface area (Å²) in [6, 6.07) is 27.9. The van der Waals surface area contributed by atoms with E-state index in [2.05, 4.69) is 55.5 Å². The van der Waals surface area contributed by atoms with E-state index in [-0.39, 0.29) is 6.04 Å². The van der Waals surface area contributed by atoms with Crippen LogP contribution in [0, 0.1) is 11.3 Å². The number of halogens is 1. The smallest absolute Gasteiger partial charge is 0.224 e. The minimum absolute atomic E-state index is 0.273. The lowest BCUT2D eigenvalue weighted by Crippen LogP contribution is -2.39. The van der Waals surface area contributed by atoms with Gasteiger partial charge in [-0.25, -0.2) is 24.9 Å². The van der Waals surface area contributed by atoms with E-state index in [4.69, 9.17) is 32.6 Å². The lowest BCUT2D eigenvalue weighted by atomic mass is 10.0. The number of nitriles is 1. The second kappa shape index (κ2) is 14.4. The van der Waals surface area contributed by atoms with Crippen LogP contribution in [0.5, 0.6) is 0 Å². The number of hydrogen-bond acceptors (Lipinski definition) is 9. The van der Waals surface area contributed by atoms with Gasteiger partial charge in [0.05, 0.1) is 11.3 Å². The molecule has 7 rings (SSSR count). The largest absolute Gasteiger partial charge is 0.383 e. The maximum atomic E-state index is 9.11. The highest BCUT2D eigenvalue weighted by molar-refractivity contribution is 6.30. The highest BCUT2D eigenvalue weighted by Gasteiger charge is 2.21. The summed E-state index contributed by atoms with van der Waals surface area (Å²) < 4.78 is 2.04. The molecule has 0 radical (unpaired) electrons. The van der Waals surface area contributed by atoms with E-state index in [1.165, 1.54) is 5.56 Å². The summed E-state index contributed by atoms with van der Waals surface area (Å²) in [6.07, 6.45) is 5.22. The first-order chi connectivity index (χ1) is 23.0. The van der Waals surface area contributed by atoms with Crippen molar-refractivity contribution >= 4 is 34.5 Å². The summed E-state index contributed by atoms with van der Waals surface area (Å²) in [5, 5.41) is 13.1. The number of aromatic nitrogens is 6. The molecule has 47 heavy (non-hydrogen) atoms. The van der Waals surface area contributed by atoms with Crippen LogP contribution in [0.25, 0.3) is 39.5 Å². The van der Waals surface area contributed by atoms with Gasteiger partial charge in [0.15, 0.2) is 11.5 Å². The minimum Gasteiger partial charge on any atom is -0.383 e. The summed E-state index contributed by atoms with van der Waals surface area (Å²) in [5.41, 5.74) is 12.8. The third-order valence-electron chi connectivity index (χ3n) is 8.00. The van der Waals surface area contributed by atoms with Gasteiger partial charge in [-0.05, 0) is 73.0 Å². The van der Waals surface area contributed by atoms with Gasteiger partial charge in [0.25, 0.3) is 0 Å². The predicted octanol–water partition coefficient (Wildman–Crippen LogP) is 7.15. The highest BCUT2D eigenvalue weighted by Crippen LogP contribution is 2.32. The Balaban J connectivity index is 0.00000190. The van der Waals surface area contributed by atoms with Crippen LogP contribution >= 0.6 is 11.6 Å². The number of fused-ring (bicyclic) bond motifs is 1. The fourth-order valence-electron chi connectivity index (χ4n) is 5.71. The SMILES string of the molecule is CC.N#Cc1ccnc(NC2CCN(Cc3ccc(-n4c(-c5cccnc5N)nc5ccc(-c6cccc(Cl)c6)nc54)cc3)CC2)n1. The van der Waals surface area contributed by atoms with Crippen LogP contribution in [0.2, 0.25) is 5.02 Å². The Morgan fingerprint density at radius 1 is 0.915 bits per heavy atom. The normalized spacial score (nSPS) is 13.5. The molecule has 10 nitrogen and oxygen atoms in total. The molecule has 0 bridgehead atoms. The number of hydrogen-bond donors (Lipinski definition) is 2. The third-order valence-corrected chi connectivity index (χ3v) is 8.23. The fourth-order valence-corrected chi connectivity index (χ4v) is 5.91. The van der Waals surface area contributed by atoms with Crippen molar-refractivity contribution in [1.29, 1.82) is 5.26 Å². The zero-order valence-electron chi connectivity index (χ0n) is 26.3. The average Bonchev–Trinajstić information content (AvgIpc) is 3.49. The van der Waals surface area contributed by atoms with Crippen molar-refractivity contribution in [2.75, 3.05) is 24.1 Å². The molecule has 1 saturated heterocycles. The van der Waals surface area contributed by atoms with Crippen molar-refractivity contribution in [2.45, 2.75) is 39.3 Å². The number of benzene rings is 2. The van der Waals surface area contributed by atoms with E-state index >= 15 is 0 Å². The van der Waals surface area contributed by atoms with Crippen LogP contribution in [-0.4, -0.2) is 53.5 Å². The van der Waals surface area contributed by atoms with Gasteiger partial charge in [-0.15, -0.1) is 0 Å². The molecule has 3 N–H and O–H groups in total.